The molecular formula is C25H35N3. The molecule has 0 saturated carbocycles. The van der Waals surface area contributed by atoms with E-state index in [1.165, 1.54) is 62.1 Å². The van der Waals surface area contributed by atoms with Crippen molar-refractivity contribution >= 4 is 5.69 Å². The predicted octanol–water partition coefficient (Wildman–Crippen LogP) is 5.30. The maximum absolute atomic E-state index is 4.26. The lowest BCUT2D eigenvalue weighted by Gasteiger charge is -2.41. The topological polar surface area (TPSA) is 19.4 Å². The number of hydrogen-bond acceptors (Lipinski definition) is 3. The summed E-state index contributed by atoms with van der Waals surface area (Å²) in [6, 6.07) is 13.7. The molecule has 28 heavy (non-hydrogen) atoms. The molecule has 150 valence electrons. The fourth-order valence-electron chi connectivity index (χ4n) is 4.84. The largest absolute Gasteiger partial charge is 0.370 e. The van der Waals surface area contributed by atoms with Gasteiger partial charge in [-0.25, -0.2) is 0 Å². The third kappa shape index (κ3) is 4.41. The lowest BCUT2D eigenvalue weighted by molar-refractivity contribution is 0.178. The lowest BCUT2D eigenvalue weighted by Crippen LogP contribution is -2.45. The van der Waals surface area contributed by atoms with E-state index in [0.29, 0.717) is 5.92 Å². The van der Waals surface area contributed by atoms with E-state index in [1.54, 1.807) is 0 Å². The number of piperidine rings is 1. The second kappa shape index (κ2) is 9.09. The quantitative estimate of drug-likeness (QED) is 0.652. The summed E-state index contributed by atoms with van der Waals surface area (Å²) in [4.78, 5) is 9.44. The molecule has 1 aromatic carbocycles. The van der Waals surface area contributed by atoms with Gasteiger partial charge in [0.25, 0.3) is 0 Å². The maximum Gasteiger partial charge on any atom is 0.0366 e. The average Bonchev–Trinajstić information content (AvgIpc) is 2.73. The van der Waals surface area contributed by atoms with Gasteiger partial charge in [0.15, 0.2) is 0 Å². The van der Waals surface area contributed by atoms with E-state index in [4.69, 9.17) is 0 Å². The Bertz CT molecular complexity index is 709. The molecule has 3 nitrogen and oxygen atoms in total. The molecule has 3 heteroatoms. The van der Waals surface area contributed by atoms with Gasteiger partial charge in [0.2, 0.25) is 0 Å². The molecule has 0 atom stereocenters. The molecule has 0 amide bonds. The molecule has 2 fully saturated rings. The van der Waals surface area contributed by atoms with Crippen molar-refractivity contribution in [1.82, 2.24) is 9.88 Å². The van der Waals surface area contributed by atoms with Crippen molar-refractivity contribution in [3.63, 3.8) is 0 Å². The molecule has 0 radical (unpaired) electrons. The Hall–Kier alpha value is -1.87. The monoisotopic (exact) mass is 377 g/mol. The van der Waals surface area contributed by atoms with Crippen LogP contribution in [0.15, 0.2) is 48.8 Å². The van der Waals surface area contributed by atoms with Crippen LogP contribution in [-0.4, -0.2) is 42.6 Å². The van der Waals surface area contributed by atoms with Crippen LogP contribution >= 0.6 is 0 Å². The number of aromatic nitrogens is 1. The predicted molar refractivity (Wildman–Crippen MR) is 118 cm³/mol. The zero-order valence-electron chi connectivity index (χ0n) is 17.6. The summed E-state index contributed by atoms with van der Waals surface area (Å²) in [5, 5.41) is 0. The minimum atomic E-state index is 0.632. The summed E-state index contributed by atoms with van der Waals surface area (Å²) in [5.41, 5.74) is 4.28. The van der Waals surface area contributed by atoms with Gasteiger partial charge in [0.05, 0.1) is 0 Å². The van der Waals surface area contributed by atoms with Crippen molar-refractivity contribution in [1.29, 1.82) is 0 Å². The van der Waals surface area contributed by atoms with Gasteiger partial charge in [-0.15, -0.1) is 0 Å². The Morgan fingerprint density at radius 3 is 2.25 bits per heavy atom. The highest BCUT2D eigenvalue weighted by Crippen LogP contribution is 2.34. The number of anilines is 1. The first kappa shape index (κ1) is 19.4. The number of benzene rings is 1. The Morgan fingerprint density at radius 2 is 1.64 bits per heavy atom. The second-order valence-electron chi connectivity index (χ2n) is 8.74. The SMILES string of the molecule is CCC(CC)CN1CCC(c2ccc(N3CC(c4cccnc4)C3)cc2)CC1. The van der Waals surface area contributed by atoms with Crippen LogP contribution in [0.1, 0.15) is 62.5 Å². The van der Waals surface area contributed by atoms with E-state index < -0.39 is 0 Å². The molecule has 0 unspecified atom stereocenters. The summed E-state index contributed by atoms with van der Waals surface area (Å²) in [5.74, 6) is 2.25. The molecule has 2 aliphatic rings. The van der Waals surface area contributed by atoms with Crippen LogP contribution in [0.5, 0.6) is 0 Å². The van der Waals surface area contributed by atoms with Crippen molar-refractivity contribution in [2.45, 2.75) is 51.4 Å². The summed E-state index contributed by atoms with van der Waals surface area (Å²) < 4.78 is 0. The van der Waals surface area contributed by atoms with Crippen LogP contribution in [0.3, 0.4) is 0 Å². The van der Waals surface area contributed by atoms with Crippen LogP contribution in [0, 0.1) is 5.92 Å². The van der Waals surface area contributed by atoms with Gasteiger partial charge in [-0.2, -0.15) is 0 Å². The number of likely N-dealkylation sites (tertiary alicyclic amines) is 1. The van der Waals surface area contributed by atoms with Crippen LogP contribution in [0.4, 0.5) is 5.69 Å². The molecule has 3 heterocycles. The average molecular weight is 378 g/mol. The second-order valence-corrected chi connectivity index (χ2v) is 8.74. The molecule has 0 bridgehead atoms. The van der Waals surface area contributed by atoms with Gasteiger partial charge in [-0.05, 0) is 67.1 Å². The van der Waals surface area contributed by atoms with Crippen LogP contribution < -0.4 is 4.90 Å². The molecule has 2 aromatic rings. The zero-order chi connectivity index (χ0) is 19.3. The molecule has 4 rings (SSSR count). The van der Waals surface area contributed by atoms with Crippen molar-refractivity contribution in [2.24, 2.45) is 5.92 Å². The Labute approximate surface area is 170 Å². The maximum atomic E-state index is 4.26. The highest BCUT2D eigenvalue weighted by atomic mass is 15.2. The van der Waals surface area contributed by atoms with Gasteiger partial charge >= 0.3 is 0 Å². The van der Waals surface area contributed by atoms with Gasteiger partial charge in [-0.1, -0.05) is 44.9 Å². The van der Waals surface area contributed by atoms with Crippen LogP contribution in [0.2, 0.25) is 0 Å². The van der Waals surface area contributed by atoms with Gasteiger partial charge in [-0.3, -0.25) is 4.98 Å². The highest BCUT2D eigenvalue weighted by molar-refractivity contribution is 5.52. The molecule has 2 saturated heterocycles. The number of hydrogen-bond donors (Lipinski definition) is 0. The minimum absolute atomic E-state index is 0.632. The number of nitrogens with zero attached hydrogens (tertiary/aromatic N) is 3. The first-order valence-corrected chi connectivity index (χ1v) is 11.2. The first-order chi connectivity index (χ1) is 13.8. The highest BCUT2D eigenvalue weighted by Gasteiger charge is 2.28. The van der Waals surface area contributed by atoms with Crippen LogP contribution in [0.25, 0.3) is 0 Å². The lowest BCUT2D eigenvalue weighted by atomic mass is 9.88. The van der Waals surface area contributed by atoms with Crippen molar-refractivity contribution in [3.8, 4) is 0 Å². The smallest absolute Gasteiger partial charge is 0.0366 e. The van der Waals surface area contributed by atoms with Gasteiger partial charge in [0.1, 0.15) is 0 Å². The van der Waals surface area contributed by atoms with E-state index in [-0.39, 0.29) is 0 Å². The Balaban J connectivity index is 1.27. The van der Waals surface area contributed by atoms with E-state index in [0.717, 1.165) is 24.9 Å². The van der Waals surface area contributed by atoms with Gasteiger partial charge in [0, 0.05) is 43.6 Å². The van der Waals surface area contributed by atoms with Crippen LogP contribution in [-0.2, 0) is 0 Å². The molecule has 2 aliphatic heterocycles. The third-order valence-corrected chi connectivity index (χ3v) is 7.03. The summed E-state index contributed by atoms with van der Waals surface area (Å²) in [6.07, 6.45) is 9.13. The zero-order valence-corrected chi connectivity index (χ0v) is 17.6. The summed E-state index contributed by atoms with van der Waals surface area (Å²) >= 11 is 0. The fraction of sp³-hybridized carbons (Fsp3) is 0.560. The first-order valence-electron chi connectivity index (χ1n) is 11.2. The Morgan fingerprint density at radius 1 is 0.929 bits per heavy atom. The van der Waals surface area contributed by atoms with Crippen molar-refractivity contribution in [3.05, 3.63) is 59.9 Å². The van der Waals surface area contributed by atoms with Crippen molar-refractivity contribution in [2.75, 3.05) is 37.6 Å². The normalized spacial score (nSPS) is 19.2. The van der Waals surface area contributed by atoms with Crippen molar-refractivity contribution < 1.29 is 0 Å². The molecule has 1 aromatic heterocycles. The third-order valence-electron chi connectivity index (χ3n) is 7.03. The van der Waals surface area contributed by atoms with E-state index in [2.05, 4.69) is 59.0 Å². The van der Waals surface area contributed by atoms with E-state index in [9.17, 15) is 0 Å². The van der Waals surface area contributed by atoms with E-state index >= 15 is 0 Å². The molecule has 0 aliphatic carbocycles. The molecular weight excluding hydrogens is 342 g/mol. The number of rotatable bonds is 7. The Kier molecular flexibility index (Phi) is 6.31. The van der Waals surface area contributed by atoms with E-state index in [1.807, 2.05) is 18.5 Å². The summed E-state index contributed by atoms with van der Waals surface area (Å²) in [7, 11) is 0. The van der Waals surface area contributed by atoms with Gasteiger partial charge < -0.3 is 9.80 Å². The minimum Gasteiger partial charge on any atom is -0.370 e. The fourth-order valence-corrected chi connectivity index (χ4v) is 4.84. The standard InChI is InChI=1S/C25H35N3/c1-3-20(4-2)17-27-14-11-22(12-15-27)21-7-9-25(10-8-21)28-18-24(19-28)23-6-5-13-26-16-23/h5-10,13,16,20,22,24H,3-4,11-12,14-15,17-19H2,1-2H3. The summed E-state index contributed by atoms with van der Waals surface area (Å²) in [6.45, 7) is 10.7. The molecule has 0 N–H and O–H groups in total. The number of pyridine rings is 1. The molecule has 0 spiro atoms.